The summed E-state index contributed by atoms with van der Waals surface area (Å²) in [5, 5.41) is 0. The van der Waals surface area contributed by atoms with Crippen LogP contribution in [-0.2, 0) is 0 Å². The molecule has 5 nitrogen and oxygen atoms in total. The van der Waals surface area contributed by atoms with Crippen LogP contribution in [0.4, 0.5) is 4.79 Å². The first-order valence-electron chi connectivity index (χ1n) is 7.53. The number of hydrogen-bond acceptors (Lipinski definition) is 5. The zero-order valence-electron chi connectivity index (χ0n) is 13.1. The smallest absolute Gasteiger partial charge is 0.423 e. The van der Waals surface area contributed by atoms with Crippen molar-refractivity contribution in [2.24, 2.45) is 0 Å². The van der Waals surface area contributed by atoms with E-state index in [9.17, 15) is 9.59 Å². The maximum atomic E-state index is 12.3. The molecule has 0 atom stereocenters. The van der Waals surface area contributed by atoms with Crippen LogP contribution >= 0.6 is 0 Å². The predicted molar refractivity (Wildman–Crippen MR) is 90.9 cm³/mol. The number of para-hydroxylation sites is 3. The molecular weight excluding hydrogens is 320 g/mol. The first-order valence-corrected chi connectivity index (χ1v) is 7.53. The Balaban J connectivity index is 1.72. The summed E-state index contributed by atoms with van der Waals surface area (Å²) in [5.74, 6) is 0.171. The summed E-state index contributed by atoms with van der Waals surface area (Å²) >= 11 is 0. The zero-order chi connectivity index (χ0) is 17.5. The highest BCUT2D eigenvalue weighted by Gasteiger charge is 2.18. The van der Waals surface area contributed by atoms with Gasteiger partial charge in [-0.1, -0.05) is 48.5 Å². The molecule has 0 aliphatic heterocycles. The number of rotatable bonds is 4. The van der Waals surface area contributed by atoms with Gasteiger partial charge in [0.1, 0.15) is 22.8 Å². The summed E-state index contributed by atoms with van der Waals surface area (Å²) in [7, 11) is 0. The van der Waals surface area contributed by atoms with E-state index in [1.807, 2.05) is 6.07 Å². The Morgan fingerprint density at radius 1 is 0.560 bits per heavy atom. The van der Waals surface area contributed by atoms with E-state index < -0.39 is 12.1 Å². The van der Waals surface area contributed by atoms with E-state index in [1.165, 1.54) is 12.1 Å². The fourth-order valence-electron chi connectivity index (χ4n) is 2.07. The Labute approximate surface area is 144 Å². The van der Waals surface area contributed by atoms with E-state index in [0.29, 0.717) is 11.5 Å². The zero-order valence-corrected chi connectivity index (χ0v) is 13.1. The Hall–Kier alpha value is -3.60. The van der Waals surface area contributed by atoms with Crippen LogP contribution in [0.5, 0.6) is 17.2 Å². The molecule has 0 fully saturated rings. The molecule has 0 radical (unpaired) electrons. The molecule has 0 unspecified atom stereocenters. The second-order valence-electron chi connectivity index (χ2n) is 4.97. The van der Waals surface area contributed by atoms with E-state index in [2.05, 4.69) is 0 Å². The fourth-order valence-corrected chi connectivity index (χ4v) is 2.07. The molecule has 25 heavy (non-hydrogen) atoms. The molecular formula is C20H14O5. The van der Waals surface area contributed by atoms with Crippen LogP contribution in [0.15, 0.2) is 84.9 Å². The lowest BCUT2D eigenvalue weighted by molar-refractivity contribution is 0.0731. The van der Waals surface area contributed by atoms with Crippen molar-refractivity contribution in [3.8, 4) is 17.2 Å². The third kappa shape index (κ3) is 4.45. The fraction of sp³-hybridized carbons (Fsp3) is 0. The largest absolute Gasteiger partial charge is 0.519 e. The van der Waals surface area contributed by atoms with Crippen molar-refractivity contribution in [2.75, 3.05) is 0 Å². The lowest BCUT2D eigenvalue weighted by Gasteiger charge is -2.10. The highest BCUT2D eigenvalue weighted by molar-refractivity contribution is 5.94. The highest BCUT2D eigenvalue weighted by Crippen LogP contribution is 2.21. The number of esters is 1. The lowest BCUT2D eigenvalue weighted by atomic mass is 10.2. The van der Waals surface area contributed by atoms with Crippen LogP contribution in [0.2, 0.25) is 0 Å². The molecule has 0 spiro atoms. The van der Waals surface area contributed by atoms with E-state index in [4.69, 9.17) is 14.2 Å². The minimum Gasteiger partial charge on any atom is -0.423 e. The predicted octanol–water partition coefficient (Wildman–Crippen LogP) is 4.48. The van der Waals surface area contributed by atoms with Gasteiger partial charge in [0, 0.05) is 0 Å². The Kier molecular flexibility index (Phi) is 5.07. The Morgan fingerprint density at radius 2 is 1.08 bits per heavy atom. The average Bonchev–Trinajstić information content (AvgIpc) is 2.63. The second kappa shape index (κ2) is 7.79. The van der Waals surface area contributed by atoms with E-state index in [-0.39, 0.29) is 11.3 Å². The van der Waals surface area contributed by atoms with Crippen LogP contribution in [0.1, 0.15) is 10.4 Å². The maximum absolute atomic E-state index is 12.3. The standard InChI is InChI=1S/C20H14O5/c21-19(23-15-9-3-1-4-10-15)17-13-7-8-14-18(17)25-20(22)24-16-11-5-2-6-12-16/h1-14H. The third-order valence-corrected chi connectivity index (χ3v) is 3.20. The van der Waals surface area contributed by atoms with Gasteiger partial charge in [-0.25, -0.2) is 9.59 Å². The van der Waals surface area contributed by atoms with E-state index in [1.54, 1.807) is 66.7 Å². The number of benzene rings is 3. The van der Waals surface area contributed by atoms with Crippen molar-refractivity contribution in [3.05, 3.63) is 90.5 Å². The third-order valence-electron chi connectivity index (χ3n) is 3.20. The van der Waals surface area contributed by atoms with Crippen molar-refractivity contribution in [2.45, 2.75) is 0 Å². The minimum absolute atomic E-state index is 0.0596. The van der Waals surface area contributed by atoms with Gasteiger partial charge in [0.05, 0.1) is 0 Å². The van der Waals surface area contributed by atoms with Crippen LogP contribution in [0.3, 0.4) is 0 Å². The number of carbonyl (C=O) groups excluding carboxylic acids is 2. The number of carbonyl (C=O) groups is 2. The quantitative estimate of drug-likeness (QED) is 0.400. The molecule has 3 aromatic carbocycles. The molecule has 124 valence electrons. The summed E-state index contributed by atoms with van der Waals surface area (Å²) in [5.41, 5.74) is 0.122. The van der Waals surface area contributed by atoms with Gasteiger partial charge in [-0.15, -0.1) is 0 Å². The first kappa shape index (κ1) is 16.3. The van der Waals surface area contributed by atoms with Gasteiger partial charge in [-0.05, 0) is 36.4 Å². The summed E-state index contributed by atoms with van der Waals surface area (Å²) in [4.78, 5) is 24.2. The van der Waals surface area contributed by atoms with E-state index >= 15 is 0 Å². The molecule has 0 aliphatic rings. The maximum Gasteiger partial charge on any atom is 0.519 e. The molecule has 0 aromatic heterocycles. The number of ether oxygens (including phenoxy) is 3. The molecule has 5 heteroatoms. The van der Waals surface area contributed by atoms with Gasteiger partial charge >= 0.3 is 12.1 Å². The average molecular weight is 334 g/mol. The molecule has 0 N–H and O–H groups in total. The van der Waals surface area contributed by atoms with Crippen molar-refractivity contribution in [1.82, 2.24) is 0 Å². The summed E-state index contributed by atoms with van der Waals surface area (Å²) in [6.45, 7) is 0. The van der Waals surface area contributed by atoms with Crippen molar-refractivity contribution in [3.63, 3.8) is 0 Å². The normalized spacial score (nSPS) is 9.92. The molecule has 0 heterocycles. The van der Waals surface area contributed by atoms with Crippen LogP contribution < -0.4 is 14.2 Å². The van der Waals surface area contributed by atoms with Gasteiger partial charge in [0.15, 0.2) is 0 Å². The van der Waals surface area contributed by atoms with Gasteiger partial charge in [-0.3, -0.25) is 0 Å². The molecule has 0 saturated carbocycles. The highest BCUT2D eigenvalue weighted by atomic mass is 16.7. The van der Waals surface area contributed by atoms with Crippen molar-refractivity contribution >= 4 is 12.1 Å². The van der Waals surface area contributed by atoms with Crippen molar-refractivity contribution in [1.29, 1.82) is 0 Å². The van der Waals surface area contributed by atoms with Crippen LogP contribution in [-0.4, -0.2) is 12.1 Å². The Bertz CT molecular complexity index is 860. The van der Waals surface area contributed by atoms with E-state index in [0.717, 1.165) is 0 Å². The topological polar surface area (TPSA) is 61.8 Å². The van der Waals surface area contributed by atoms with Crippen molar-refractivity contribution < 1.29 is 23.8 Å². The second-order valence-corrected chi connectivity index (χ2v) is 4.97. The van der Waals surface area contributed by atoms with Gasteiger partial charge in [0.25, 0.3) is 0 Å². The molecule has 0 saturated heterocycles. The summed E-state index contributed by atoms with van der Waals surface area (Å²) in [6, 6.07) is 23.4. The first-order chi connectivity index (χ1) is 12.2. The number of hydrogen-bond donors (Lipinski definition) is 0. The molecule has 0 aliphatic carbocycles. The van der Waals surface area contributed by atoms with Gasteiger partial charge in [0.2, 0.25) is 0 Å². The molecule has 3 rings (SSSR count). The lowest BCUT2D eigenvalue weighted by Crippen LogP contribution is -2.17. The molecule has 3 aromatic rings. The monoisotopic (exact) mass is 334 g/mol. The summed E-state index contributed by atoms with van der Waals surface area (Å²) < 4.78 is 15.5. The molecule has 0 bridgehead atoms. The minimum atomic E-state index is -0.939. The Morgan fingerprint density at radius 3 is 1.72 bits per heavy atom. The van der Waals surface area contributed by atoms with Crippen LogP contribution in [0, 0.1) is 0 Å². The van der Waals surface area contributed by atoms with Gasteiger partial charge in [-0.2, -0.15) is 0 Å². The van der Waals surface area contributed by atoms with Gasteiger partial charge < -0.3 is 14.2 Å². The molecule has 0 amide bonds. The summed E-state index contributed by atoms with van der Waals surface area (Å²) in [6.07, 6.45) is -0.939. The SMILES string of the molecule is O=C(Oc1ccccc1)Oc1ccccc1C(=O)Oc1ccccc1. The van der Waals surface area contributed by atoms with Crippen LogP contribution in [0.25, 0.3) is 0 Å².